The fraction of sp³-hybridized carbons (Fsp3) is 0.647. The maximum absolute atomic E-state index is 14.5. The number of anilines is 1. The van der Waals surface area contributed by atoms with Crippen molar-refractivity contribution in [1.29, 1.82) is 0 Å². The summed E-state index contributed by atoms with van der Waals surface area (Å²) in [7, 11) is 0. The molecule has 0 heterocycles. The van der Waals surface area contributed by atoms with E-state index >= 15 is 0 Å². The predicted octanol–water partition coefficient (Wildman–Crippen LogP) is 3.48. The van der Waals surface area contributed by atoms with Gasteiger partial charge in [-0.1, -0.05) is 26.8 Å². The number of aliphatic hydroxyl groups excluding tert-OH is 1. The van der Waals surface area contributed by atoms with Gasteiger partial charge in [0.05, 0.1) is 12.3 Å². The summed E-state index contributed by atoms with van der Waals surface area (Å²) in [6, 6.07) is 5.81. The van der Waals surface area contributed by atoms with Crippen LogP contribution in [0.15, 0.2) is 18.2 Å². The van der Waals surface area contributed by atoms with E-state index < -0.39 is 0 Å². The molecule has 3 nitrogen and oxygen atoms in total. The van der Waals surface area contributed by atoms with Gasteiger partial charge in [-0.3, -0.25) is 0 Å². The second-order valence-corrected chi connectivity index (χ2v) is 5.38. The van der Waals surface area contributed by atoms with Gasteiger partial charge < -0.3 is 15.3 Å². The molecular formula is C17H29FN2O. The topological polar surface area (TPSA) is 35.5 Å². The quantitative estimate of drug-likeness (QED) is 0.732. The molecule has 4 heteroatoms. The van der Waals surface area contributed by atoms with Gasteiger partial charge in [0.15, 0.2) is 0 Å². The SMILES string of the molecule is CCNC(C)c1ccc(N(CCO)C(CC)CC)c(F)c1. The van der Waals surface area contributed by atoms with Crippen molar-refractivity contribution in [2.75, 3.05) is 24.6 Å². The molecule has 0 aromatic heterocycles. The zero-order chi connectivity index (χ0) is 15.8. The number of hydrogen-bond acceptors (Lipinski definition) is 3. The summed E-state index contributed by atoms with van der Waals surface area (Å²) < 4.78 is 14.5. The highest BCUT2D eigenvalue weighted by Crippen LogP contribution is 2.26. The van der Waals surface area contributed by atoms with E-state index in [0.717, 1.165) is 24.9 Å². The van der Waals surface area contributed by atoms with Crippen LogP contribution in [0.5, 0.6) is 0 Å². The Morgan fingerprint density at radius 3 is 2.38 bits per heavy atom. The minimum atomic E-state index is -0.211. The molecule has 0 spiro atoms. The number of rotatable bonds is 9. The molecule has 0 fully saturated rings. The molecule has 1 rings (SSSR count). The molecule has 21 heavy (non-hydrogen) atoms. The van der Waals surface area contributed by atoms with Crippen LogP contribution in [0.25, 0.3) is 0 Å². The van der Waals surface area contributed by atoms with Crippen molar-refractivity contribution in [3.8, 4) is 0 Å². The summed E-state index contributed by atoms with van der Waals surface area (Å²) in [4.78, 5) is 1.98. The number of nitrogens with zero attached hydrogens (tertiary/aromatic N) is 1. The molecule has 2 N–H and O–H groups in total. The second kappa shape index (κ2) is 9.00. The van der Waals surface area contributed by atoms with E-state index in [4.69, 9.17) is 0 Å². The first-order valence-corrected chi connectivity index (χ1v) is 7.99. The number of nitrogens with one attached hydrogen (secondary N) is 1. The Hall–Kier alpha value is -1.13. The standard InChI is InChI=1S/C17H29FN2O/c1-5-15(6-2)20(10-11-21)17-9-8-14(12-16(17)18)13(4)19-7-3/h8-9,12-13,15,19,21H,5-7,10-11H2,1-4H3. The largest absolute Gasteiger partial charge is 0.395 e. The lowest BCUT2D eigenvalue weighted by Crippen LogP contribution is -2.37. The minimum Gasteiger partial charge on any atom is -0.395 e. The highest BCUT2D eigenvalue weighted by molar-refractivity contribution is 5.50. The summed E-state index contributed by atoms with van der Waals surface area (Å²) >= 11 is 0. The smallest absolute Gasteiger partial charge is 0.146 e. The molecule has 1 aromatic rings. The molecule has 1 atom stereocenters. The summed E-state index contributed by atoms with van der Waals surface area (Å²) in [6.45, 7) is 9.61. The van der Waals surface area contributed by atoms with Crippen molar-refractivity contribution in [2.24, 2.45) is 0 Å². The molecule has 0 saturated heterocycles. The van der Waals surface area contributed by atoms with Crippen LogP contribution in [0.2, 0.25) is 0 Å². The third kappa shape index (κ3) is 4.68. The monoisotopic (exact) mass is 296 g/mol. The molecule has 0 aliphatic rings. The van der Waals surface area contributed by atoms with E-state index in [1.807, 2.05) is 30.9 Å². The zero-order valence-electron chi connectivity index (χ0n) is 13.7. The van der Waals surface area contributed by atoms with Crippen LogP contribution in [-0.4, -0.2) is 30.8 Å². The zero-order valence-corrected chi connectivity index (χ0v) is 13.7. The average Bonchev–Trinajstić information content (AvgIpc) is 2.48. The lowest BCUT2D eigenvalue weighted by Gasteiger charge is -2.32. The number of halogens is 1. The van der Waals surface area contributed by atoms with Crippen LogP contribution in [0.1, 0.15) is 52.1 Å². The van der Waals surface area contributed by atoms with Crippen molar-refractivity contribution in [3.63, 3.8) is 0 Å². The number of benzene rings is 1. The van der Waals surface area contributed by atoms with Crippen LogP contribution >= 0.6 is 0 Å². The van der Waals surface area contributed by atoms with E-state index in [1.54, 1.807) is 6.07 Å². The van der Waals surface area contributed by atoms with Gasteiger partial charge in [0, 0.05) is 18.6 Å². The predicted molar refractivity (Wildman–Crippen MR) is 87.3 cm³/mol. The van der Waals surface area contributed by atoms with Crippen molar-refractivity contribution < 1.29 is 9.50 Å². The Morgan fingerprint density at radius 2 is 1.90 bits per heavy atom. The normalized spacial score (nSPS) is 12.7. The molecule has 0 radical (unpaired) electrons. The fourth-order valence-electron chi connectivity index (χ4n) is 2.79. The molecule has 0 aliphatic heterocycles. The Morgan fingerprint density at radius 1 is 1.24 bits per heavy atom. The van der Waals surface area contributed by atoms with Crippen LogP contribution in [0.4, 0.5) is 10.1 Å². The maximum Gasteiger partial charge on any atom is 0.146 e. The van der Waals surface area contributed by atoms with Crippen LogP contribution in [0, 0.1) is 5.82 Å². The Balaban J connectivity index is 3.04. The fourth-order valence-corrected chi connectivity index (χ4v) is 2.79. The first-order chi connectivity index (χ1) is 10.1. The molecule has 1 aromatic carbocycles. The Kier molecular flexibility index (Phi) is 7.68. The third-order valence-corrected chi connectivity index (χ3v) is 4.02. The maximum atomic E-state index is 14.5. The third-order valence-electron chi connectivity index (χ3n) is 4.02. The van der Waals surface area contributed by atoms with Gasteiger partial charge in [0.1, 0.15) is 5.82 Å². The van der Waals surface area contributed by atoms with Gasteiger partial charge in [-0.05, 0) is 44.0 Å². The molecule has 0 bridgehead atoms. The molecule has 1 unspecified atom stereocenters. The molecular weight excluding hydrogens is 267 g/mol. The van der Waals surface area contributed by atoms with E-state index in [-0.39, 0.29) is 24.5 Å². The van der Waals surface area contributed by atoms with Gasteiger partial charge in [0.2, 0.25) is 0 Å². The summed E-state index contributed by atoms with van der Waals surface area (Å²) in [6.07, 6.45) is 1.87. The van der Waals surface area contributed by atoms with Gasteiger partial charge in [-0.25, -0.2) is 4.39 Å². The van der Waals surface area contributed by atoms with Crippen molar-refractivity contribution >= 4 is 5.69 Å². The lowest BCUT2D eigenvalue weighted by molar-refractivity contribution is 0.295. The van der Waals surface area contributed by atoms with E-state index in [2.05, 4.69) is 19.2 Å². The first-order valence-electron chi connectivity index (χ1n) is 7.99. The average molecular weight is 296 g/mol. The molecule has 0 aliphatic carbocycles. The lowest BCUT2D eigenvalue weighted by atomic mass is 10.0. The van der Waals surface area contributed by atoms with Crippen LogP contribution in [0.3, 0.4) is 0 Å². The van der Waals surface area contributed by atoms with Crippen LogP contribution < -0.4 is 10.2 Å². The second-order valence-electron chi connectivity index (χ2n) is 5.38. The van der Waals surface area contributed by atoms with Gasteiger partial charge >= 0.3 is 0 Å². The number of aliphatic hydroxyl groups is 1. The van der Waals surface area contributed by atoms with Gasteiger partial charge in [0.25, 0.3) is 0 Å². The van der Waals surface area contributed by atoms with E-state index in [9.17, 15) is 9.50 Å². The molecule has 0 amide bonds. The molecule has 120 valence electrons. The van der Waals surface area contributed by atoms with Gasteiger partial charge in [-0.15, -0.1) is 0 Å². The molecule has 0 saturated carbocycles. The minimum absolute atomic E-state index is 0.0332. The Labute approximate surface area is 128 Å². The van der Waals surface area contributed by atoms with Crippen molar-refractivity contribution in [1.82, 2.24) is 5.32 Å². The first kappa shape index (κ1) is 17.9. The van der Waals surface area contributed by atoms with Crippen molar-refractivity contribution in [2.45, 2.75) is 52.6 Å². The van der Waals surface area contributed by atoms with E-state index in [0.29, 0.717) is 12.2 Å². The summed E-state index contributed by atoms with van der Waals surface area (Å²) in [5, 5.41) is 12.6. The van der Waals surface area contributed by atoms with Crippen LogP contribution in [-0.2, 0) is 0 Å². The highest BCUT2D eigenvalue weighted by atomic mass is 19.1. The van der Waals surface area contributed by atoms with Gasteiger partial charge in [-0.2, -0.15) is 0 Å². The Bertz CT molecular complexity index is 421. The summed E-state index contributed by atoms with van der Waals surface area (Å²) in [5.74, 6) is -0.211. The number of hydrogen-bond donors (Lipinski definition) is 2. The summed E-state index contributed by atoms with van der Waals surface area (Å²) in [5.41, 5.74) is 1.54. The van der Waals surface area contributed by atoms with E-state index in [1.165, 1.54) is 0 Å². The highest BCUT2D eigenvalue weighted by Gasteiger charge is 2.19. The van der Waals surface area contributed by atoms with Crippen molar-refractivity contribution in [3.05, 3.63) is 29.6 Å².